The van der Waals surface area contributed by atoms with Crippen molar-refractivity contribution in [3.63, 3.8) is 0 Å². The van der Waals surface area contributed by atoms with Crippen molar-refractivity contribution >= 4 is 21.6 Å². The molecule has 2 aromatic heterocycles. The second-order valence-corrected chi connectivity index (χ2v) is 4.37. The molecule has 0 saturated heterocycles. The van der Waals surface area contributed by atoms with E-state index in [0.717, 1.165) is 20.8 Å². The Balaban J connectivity index is 2.35. The fourth-order valence-corrected chi connectivity index (χ4v) is 2.38. The van der Waals surface area contributed by atoms with Crippen molar-refractivity contribution in [3.05, 3.63) is 29.5 Å². The molecule has 0 fully saturated rings. The van der Waals surface area contributed by atoms with Crippen LogP contribution in [0.5, 0.6) is 0 Å². The van der Waals surface area contributed by atoms with Gasteiger partial charge in [-0.2, -0.15) is 4.98 Å². The number of aryl methyl sites for hydroxylation is 1. The standard InChI is InChI=1S/C10H7N3OS/c1-6-13-9-7(10-11-5-12-14-10)3-2-4-8(9)15-6/h2-5H,1H3. The van der Waals surface area contributed by atoms with Crippen LogP contribution in [0, 0.1) is 6.92 Å². The van der Waals surface area contributed by atoms with Gasteiger partial charge in [0.15, 0.2) is 6.33 Å². The van der Waals surface area contributed by atoms with Gasteiger partial charge in [0.25, 0.3) is 5.89 Å². The van der Waals surface area contributed by atoms with E-state index in [1.165, 1.54) is 6.33 Å². The van der Waals surface area contributed by atoms with Gasteiger partial charge in [-0.05, 0) is 19.1 Å². The molecule has 5 heteroatoms. The maximum atomic E-state index is 5.04. The second kappa shape index (κ2) is 3.13. The molecule has 0 unspecified atom stereocenters. The molecule has 0 spiro atoms. The number of thiazole rings is 1. The van der Waals surface area contributed by atoms with Gasteiger partial charge in [0.05, 0.1) is 20.8 Å². The minimum Gasteiger partial charge on any atom is -0.334 e. The summed E-state index contributed by atoms with van der Waals surface area (Å²) in [6, 6.07) is 5.95. The Morgan fingerprint density at radius 1 is 1.33 bits per heavy atom. The molecule has 15 heavy (non-hydrogen) atoms. The van der Waals surface area contributed by atoms with Crippen molar-refractivity contribution in [1.82, 2.24) is 15.1 Å². The molecule has 3 rings (SSSR count). The summed E-state index contributed by atoms with van der Waals surface area (Å²) in [6.45, 7) is 1.99. The number of para-hydroxylation sites is 1. The lowest BCUT2D eigenvalue weighted by molar-refractivity contribution is 0.430. The molecule has 0 aliphatic rings. The smallest absolute Gasteiger partial charge is 0.259 e. The fourth-order valence-electron chi connectivity index (χ4n) is 1.52. The Labute approximate surface area is 89.6 Å². The Morgan fingerprint density at radius 3 is 3.07 bits per heavy atom. The minimum atomic E-state index is 0.519. The van der Waals surface area contributed by atoms with Crippen molar-refractivity contribution < 1.29 is 4.52 Å². The predicted octanol–water partition coefficient (Wildman–Crippen LogP) is 2.65. The van der Waals surface area contributed by atoms with E-state index in [0.29, 0.717) is 5.89 Å². The molecule has 74 valence electrons. The third kappa shape index (κ3) is 1.32. The number of fused-ring (bicyclic) bond motifs is 1. The van der Waals surface area contributed by atoms with E-state index in [4.69, 9.17) is 4.52 Å². The highest BCUT2D eigenvalue weighted by Gasteiger charge is 2.11. The van der Waals surface area contributed by atoms with E-state index in [-0.39, 0.29) is 0 Å². The zero-order valence-electron chi connectivity index (χ0n) is 7.97. The molecule has 0 saturated carbocycles. The quantitative estimate of drug-likeness (QED) is 0.628. The number of benzene rings is 1. The first kappa shape index (κ1) is 8.55. The molecular formula is C10H7N3OS. The predicted molar refractivity (Wildman–Crippen MR) is 57.6 cm³/mol. The molecule has 3 aromatic rings. The SMILES string of the molecule is Cc1nc2c(-c3ncno3)cccc2s1. The summed E-state index contributed by atoms with van der Waals surface area (Å²) in [4.78, 5) is 8.49. The highest BCUT2D eigenvalue weighted by molar-refractivity contribution is 7.18. The lowest BCUT2D eigenvalue weighted by atomic mass is 10.2. The summed E-state index contributed by atoms with van der Waals surface area (Å²) < 4.78 is 6.18. The highest BCUT2D eigenvalue weighted by atomic mass is 32.1. The van der Waals surface area contributed by atoms with Crippen LogP contribution in [0.4, 0.5) is 0 Å². The summed E-state index contributed by atoms with van der Waals surface area (Å²) >= 11 is 1.66. The van der Waals surface area contributed by atoms with Crippen LogP contribution in [0.1, 0.15) is 5.01 Å². The summed E-state index contributed by atoms with van der Waals surface area (Å²) in [7, 11) is 0. The first-order chi connectivity index (χ1) is 7.34. The van der Waals surface area contributed by atoms with Crippen LogP contribution < -0.4 is 0 Å². The van der Waals surface area contributed by atoms with Crippen molar-refractivity contribution in [2.75, 3.05) is 0 Å². The third-order valence-corrected chi connectivity index (χ3v) is 3.05. The maximum Gasteiger partial charge on any atom is 0.259 e. The Kier molecular flexibility index (Phi) is 1.78. The Bertz CT molecular complexity index is 600. The number of hydrogen-bond acceptors (Lipinski definition) is 5. The van der Waals surface area contributed by atoms with E-state index >= 15 is 0 Å². The summed E-state index contributed by atoms with van der Waals surface area (Å²) in [5.41, 5.74) is 1.83. The molecule has 4 nitrogen and oxygen atoms in total. The second-order valence-electron chi connectivity index (χ2n) is 3.13. The van der Waals surface area contributed by atoms with Crippen LogP contribution in [0.25, 0.3) is 21.7 Å². The van der Waals surface area contributed by atoms with Gasteiger partial charge in [-0.15, -0.1) is 11.3 Å². The largest absolute Gasteiger partial charge is 0.334 e. The summed E-state index contributed by atoms with van der Waals surface area (Å²) in [5, 5.41) is 4.64. The summed E-state index contributed by atoms with van der Waals surface area (Å²) in [5.74, 6) is 0.519. The maximum absolute atomic E-state index is 5.04. The van der Waals surface area contributed by atoms with E-state index in [1.807, 2.05) is 25.1 Å². The normalized spacial score (nSPS) is 11.0. The molecule has 0 N–H and O–H groups in total. The number of hydrogen-bond donors (Lipinski definition) is 0. The van der Waals surface area contributed by atoms with Crippen LogP contribution in [-0.4, -0.2) is 15.1 Å². The summed E-state index contributed by atoms with van der Waals surface area (Å²) in [6.07, 6.45) is 1.40. The molecule has 0 atom stereocenters. The van der Waals surface area contributed by atoms with Gasteiger partial charge in [-0.25, -0.2) is 4.98 Å². The number of rotatable bonds is 1. The molecular weight excluding hydrogens is 210 g/mol. The van der Waals surface area contributed by atoms with Gasteiger partial charge in [0.2, 0.25) is 0 Å². The van der Waals surface area contributed by atoms with Crippen LogP contribution in [0.2, 0.25) is 0 Å². The molecule has 0 aliphatic heterocycles. The van der Waals surface area contributed by atoms with Crippen LogP contribution >= 0.6 is 11.3 Å². The zero-order chi connectivity index (χ0) is 10.3. The highest BCUT2D eigenvalue weighted by Crippen LogP contribution is 2.29. The fraction of sp³-hybridized carbons (Fsp3) is 0.100. The van der Waals surface area contributed by atoms with Crippen LogP contribution in [0.15, 0.2) is 29.0 Å². The van der Waals surface area contributed by atoms with Crippen LogP contribution in [0.3, 0.4) is 0 Å². The molecule has 0 bridgehead atoms. The average Bonchev–Trinajstić information content (AvgIpc) is 2.82. The molecule has 0 aliphatic carbocycles. The monoisotopic (exact) mass is 217 g/mol. The van der Waals surface area contributed by atoms with E-state index in [1.54, 1.807) is 11.3 Å². The average molecular weight is 217 g/mol. The minimum absolute atomic E-state index is 0.519. The van der Waals surface area contributed by atoms with E-state index < -0.39 is 0 Å². The van der Waals surface area contributed by atoms with Crippen molar-refractivity contribution in [1.29, 1.82) is 0 Å². The van der Waals surface area contributed by atoms with Crippen molar-refractivity contribution in [2.24, 2.45) is 0 Å². The number of nitrogens with zero attached hydrogens (tertiary/aromatic N) is 3. The van der Waals surface area contributed by atoms with E-state index in [2.05, 4.69) is 15.1 Å². The van der Waals surface area contributed by atoms with Gasteiger partial charge in [0, 0.05) is 0 Å². The van der Waals surface area contributed by atoms with Gasteiger partial charge >= 0.3 is 0 Å². The first-order valence-electron chi connectivity index (χ1n) is 4.48. The lowest BCUT2D eigenvalue weighted by Gasteiger charge is -1.94. The topological polar surface area (TPSA) is 51.8 Å². The molecule has 2 heterocycles. The molecule has 0 radical (unpaired) electrons. The lowest BCUT2D eigenvalue weighted by Crippen LogP contribution is -1.79. The number of aromatic nitrogens is 3. The Hall–Kier alpha value is -1.75. The third-order valence-electron chi connectivity index (χ3n) is 2.12. The van der Waals surface area contributed by atoms with Crippen LogP contribution in [-0.2, 0) is 0 Å². The molecule has 0 amide bonds. The zero-order valence-corrected chi connectivity index (χ0v) is 8.78. The molecule has 1 aromatic carbocycles. The Morgan fingerprint density at radius 2 is 2.27 bits per heavy atom. The van der Waals surface area contributed by atoms with E-state index in [9.17, 15) is 0 Å². The first-order valence-corrected chi connectivity index (χ1v) is 5.29. The van der Waals surface area contributed by atoms with Crippen molar-refractivity contribution in [3.8, 4) is 11.5 Å². The van der Waals surface area contributed by atoms with Crippen molar-refractivity contribution in [2.45, 2.75) is 6.92 Å². The van der Waals surface area contributed by atoms with Gasteiger partial charge in [-0.3, -0.25) is 0 Å². The van der Waals surface area contributed by atoms with Gasteiger partial charge in [-0.1, -0.05) is 11.2 Å². The van der Waals surface area contributed by atoms with Gasteiger partial charge < -0.3 is 4.52 Å². The van der Waals surface area contributed by atoms with Gasteiger partial charge in [0.1, 0.15) is 0 Å².